The Morgan fingerprint density at radius 2 is 1.57 bits per heavy atom. The number of fused-ring (bicyclic) bond motifs is 4. The molecule has 1 unspecified atom stereocenters. The monoisotopic (exact) mass is 948 g/mol. The van der Waals surface area contributed by atoms with E-state index in [0.29, 0.717) is 108 Å². The summed E-state index contributed by atoms with van der Waals surface area (Å²) >= 11 is 6.34. The third-order valence-electron chi connectivity index (χ3n) is 11.4. The van der Waals surface area contributed by atoms with E-state index >= 15 is 0 Å². The molecule has 1 saturated heterocycles. The molecule has 4 heterocycles. The van der Waals surface area contributed by atoms with Gasteiger partial charge in [-0.2, -0.15) is 0 Å². The Morgan fingerprint density at radius 1 is 0.838 bits per heavy atom. The number of hydrogen-bond acceptors (Lipinski definition) is 12. The summed E-state index contributed by atoms with van der Waals surface area (Å²) in [5.41, 5.74) is 4.79. The minimum atomic E-state index is -0.741. The number of aromatic nitrogens is 2. The highest BCUT2D eigenvalue weighted by Crippen LogP contribution is 2.36. The smallest absolute Gasteiger partial charge is 0.255 e. The van der Waals surface area contributed by atoms with Crippen molar-refractivity contribution in [1.82, 2.24) is 25.5 Å². The molecule has 3 aliphatic rings. The number of aliphatic imine (C=N–C) groups is 1. The van der Waals surface area contributed by atoms with E-state index in [-0.39, 0.29) is 79.8 Å². The fourth-order valence-electron chi connectivity index (χ4n) is 8.04. The summed E-state index contributed by atoms with van der Waals surface area (Å²) in [6.45, 7) is 2.74. The normalized spacial score (nSPS) is 15.2. The van der Waals surface area contributed by atoms with Crippen molar-refractivity contribution in [3.63, 3.8) is 0 Å². The minimum Gasteiger partial charge on any atom is -0.379 e. The molecule has 68 heavy (non-hydrogen) atoms. The summed E-state index contributed by atoms with van der Waals surface area (Å²) < 4.78 is 46.6. The van der Waals surface area contributed by atoms with Crippen LogP contribution in [0.2, 0.25) is 5.02 Å². The molecule has 0 aliphatic carbocycles. The summed E-state index contributed by atoms with van der Waals surface area (Å²) in [7, 11) is 0. The van der Waals surface area contributed by atoms with E-state index in [9.17, 15) is 32.8 Å². The van der Waals surface area contributed by atoms with Crippen LogP contribution < -0.4 is 21.3 Å². The molecule has 0 radical (unpaired) electrons. The van der Waals surface area contributed by atoms with Crippen LogP contribution in [0.1, 0.15) is 75.1 Å². The maximum Gasteiger partial charge on any atom is 0.255 e. The van der Waals surface area contributed by atoms with Crippen LogP contribution in [0.5, 0.6) is 0 Å². The largest absolute Gasteiger partial charge is 0.379 e. The van der Waals surface area contributed by atoms with Crippen LogP contribution in [0.3, 0.4) is 0 Å². The number of carbonyl (C=O) groups excluding carboxylic acids is 5. The van der Waals surface area contributed by atoms with Gasteiger partial charge in [-0.1, -0.05) is 29.8 Å². The summed E-state index contributed by atoms with van der Waals surface area (Å²) in [6, 6.07) is 19.8. The van der Waals surface area contributed by atoms with Gasteiger partial charge in [0.2, 0.25) is 23.7 Å². The molecule has 3 aliphatic heterocycles. The molecule has 8 rings (SSSR count). The molecule has 5 aromatic rings. The number of nitrogens with zero attached hydrogens (tertiary/aromatic N) is 4. The van der Waals surface area contributed by atoms with Crippen LogP contribution in [-0.2, 0) is 41.7 Å². The van der Waals surface area contributed by atoms with Crippen LogP contribution in [0.4, 0.5) is 26.1 Å². The lowest BCUT2D eigenvalue weighted by Gasteiger charge is -2.29. The Balaban J connectivity index is 0.678. The van der Waals surface area contributed by atoms with Crippen molar-refractivity contribution in [2.24, 2.45) is 4.99 Å². The molecule has 1 aromatic heterocycles. The number of amides is 5. The number of nitrogens with one attached hydrogen (secondary N) is 4. The fourth-order valence-corrected chi connectivity index (χ4v) is 8.21. The van der Waals surface area contributed by atoms with Crippen molar-refractivity contribution in [1.29, 1.82) is 0 Å². The summed E-state index contributed by atoms with van der Waals surface area (Å²) in [5, 5.41) is 11.5. The zero-order valence-corrected chi connectivity index (χ0v) is 37.5. The lowest BCUT2D eigenvalue weighted by Crippen LogP contribution is -2.52. The zero-order valence-electron chi connectivity index (χ0n) is 36.7. The highest BCUT2D eigenvalue weighted by atomic mass is 35.5. The number of imide groups is 1. The average molecular weight is 949 g/mol. The molecule has 1 atom stereocenters. The first-order chi connectivity index (χ1) is 33.0. The van der Waals surface area contributed by atoms with Gasteiger partial charge in [-0.25, -0.2) is 18.7 Å². The second-order valence-electron chi connectivity index (χ2n) is 16.1. The van der Waals surface area contributed by atoms with Crippen molar-refractivity contribution in [2.75, 3.05) is 56.8 Å². The average Bonchev–Trinajstić information content (AvgIpc) is 3.58. The molecule has 352 valence electrons. The standard InChI is InChI=1S/C49H47ClF2N8O8/c50-31-12-15-33-35(25-31)45(43-37(51)6-4-7-38(43)52)54-26-30-27-55-49(59-44(30)33)56-32-13-10-29(11-14-32)46(63)53-18-20-67-22-24-68-23-21-66-19-2-1-9-41(61)57-39-8-3-5-34-36(39)28-60(48(34)65)40-16-17-42(62)58-47(40)64/h3-8,10-15,25,27,40H,1-2,9,16-24,26,28H2,(H,53,63)(H,57,61)(H,55,56,59)(H,58,62,64). The number of ether oxygens (including phenoxy) is 3. The van der Waals surface area contributed by atoms with Gasteiger partial charge in [0.15, 0.2) is 0 Å². The number of anilines is 3. The van der Waals surface area contributed by atoms with Crippen molar-refractivity contribution >= 4 is 64.2 Å². The van der Waals surface area contributed by atoms with Crippen LogP contribution in [0.25, 0.3) is 11.3 Å². The van der Waals surface area contributed by atoms with E-state index in [0.717, 1.165) is 0 Å². The second-order valence-corrected chi connectivity index (χ2v) is 16.5. The molecule has 16 nitrogen and oxygen atoms in total. The molecule has 5 amide bonds. The number of carbonyl (C=O) groups is 5. The van der Waals surface area contributed by atoms with E-state index in [2.05, 4.69) is 31.2 Å². The maximum atomic E-state index is 14.9. The van der Waals surface area contributed by atoms with E-state index in [1.807, 2.05) is 0 Å². The first-order valence-corrected chi connectivity index (χ1v) is 22.5. The molecular weight excluding hydrogens is 902 g/mol. The van der Waals surface area contributed by atoms with Crippen molar-refractivity contribution < 1.29 is 47.0 Å². The predicted molar refractivity (Wildman–Crippen MR) is 248 cm³/mol. The van der Waals surface area contributed by atoms with Gasteiger partial charge in [0.1, 0.15) is 17.7 Å². The number of benzene rings is 4. The third kappa shape index (κ3) is 11.4. The third-order valence-corrected chi connectivity index (χ3v) is 11.7. The molecule has 0 saturated carbocycles. The van der Waals surface area contributed by atoms with E-state index < -0.39 is 23.6 Å². The van der Waals surface area contributed by atoms with Crippen molar-refractivity contribution in [3.8, 4) is 11.3 Å². The van der Waals surface area contributed by atoms with E-state index in [4.69, 9.17) is 30.8 Å². The van der Waals surface area contributed by atoms with Crippen LogP contribution in [0, 0.1) is 11.6 Å². The number of halogens is 3. The summed E-state index contributed by atoms with van der Waals surface area (Å²) in [5.74, 6) is -2.81. The Morgan fingerprint density at radius 3 is 2.34 bits per heavy atom. The zero-order chi connectivity index (χ0) is 47.6. The van der Waals surface area contributed by atoms with Crippen molar-refractivity contribution in [2.45, 2.75) is 51.2 Å². The Kier molecular flexibility index (Phi) is 15.5. The number of rotatable bonds is 20. The SMILES string of the molecule is O=C1CCC(N2Cc3c(NC(=O)CCCCOCCOCCOCCNC(=O)c4ccc(Nc5ncc6c(n5)-c5ccc(Cl)cc5C(c5c(F)cccc5F)=NC6)cc4)cccc3C2=O)C(=O)N1. The van der Waals surface area contributed by atoms with Gasteiger partial charge in [-0.05, 0) is 79.9 Å². The first kappa shape index (κ1) is 47.5. The molecule has 0 spiro atoms. The lowest BCUT2D eigenvalue weighted by atomic mass is 9.95. The minimum absolute atomic E-state index is 0.0867. The molecule has 19 heteroatoms. The number of piperidine rings is 1. The van der Waals surface area contributed by atoms with Gasteiger partial charge in [0.05, 0.1) is 56.5 Å². The van der Waals surface area contributed by atoms with Crippen LogP contribution in [-0.4, -0.2) is 102 Å². The topological polar surface area (TPSA) is 203 Å². The first-order valence-electron chi connectivity index (χ1n) is 22.1. The molecule has 1 fully saturated rings. The lowest BCUT2D eigenvalue weighted by molar-refractivity contribution is -0.137. The Hall–Kier alpha value is -6.99. The van der Waals surface area contributed by atoms with Gasteiger partial charge in [-0.15, -0.1) is 0 Å². The molecule has 4 N–H and O–H groups in total. The highest BCUT2D eigenvalue weighted by Gasteiger charge is 2.40. The van der Waals surface area contributed by atoms with Crippen LogP contribution in [0.15, 0.2) is 90.1 Å². The Labute approximate surface area is 394 Å². The summed E-state index contributed by atoms with van der Waals surface area (Å²) in [4.78, 5) is 77.7. The molecule has 0 bridgehead atoms. The van der Waals surface area contributed by atoms with Gasteiger partial charge in [-0.3, -0.25) is 34.3 Å². The second kappa shape index (κ2) is 22.2. The van der Waals surface area contributed by atoms with E-state index in [1.54, 1.807) is 66.9 Å². The molecule has 4 aromatic carbocycles. The van der Waals surface area contributed by atoms with E-state index in [1.165, 1.54) is 23.1 Å². The number of unbranched alkanes of at least 4 members (excludes halogenated alkanes) is 1. The molecular formula is C49H47ClF2N8O8. The summed E-state index contributed by atoms with van der Waals surface area (Å²) in [6.07, 6.45) is 3.57. The Bertz CT molecular complexity index is 2740. The number of hydrogen-bond donors (Lipinski definition) is 4. The van der Waals surface area contributed by atoms with Gasteiger partial charge in [0.25, 0.3) is 11.8 Å². The highest BCUT2D eigenvalue weighted by molar-refractivity contribution is 6.31. The maximum absolute atomic E-state index is 14.9. The van der Waals surface area contributed by atoms with Crippen molar-refractivity contribution in [3.05, 3.63) is 135 Å². The van der Waals surface area contributed by atoms with Gasteiger partial charge < -0.3 is 35.1 Å². The van der Waals surface area contributed by atoms with Crippen LogP contribution >= 0.6 is 11.6 Å². The van der Waals surface area contributed by atoms with Gasteiger partial charge in [0, 0.05) is 88.5 Å². The van der Waals surface area contributed by atoms with Gasteiger partial charge >= 0.3 is 0 Å². The fraction of sp³-hybridized carbons (Fsp3) is 0.306. The predicted octanol–water partition coefficient (Wildman–Crippen LogP) is 6.52. The quantitative estimate of drug-likeness (QED) is 0.0489.